The highest BCUT2D eigenvalue weighted by Gasteiger charge is 2.23. The molecule has 2 rings (SSSR count). The predicted octanol–water partition coefficient (Wildman–Crippen LogP) is 3.40. The van der Waals surface area contributed by atoms with Crippen molar-refractivity contribution in [3.8, 4) is 5.75 Å². The Bertz CT molecular complexity index is 476. The van der Waals surface area contributed by atoms with Gasteiger partial charge in [0.15, 0.2) is 0 Å². The molecule has 0 bridgehead atoms. The number of nitro groups is 1. The zero-order chi connectivity index (χ0) is 14.5. The predicted molar refractivity (Wildman–Crippen MR) is 77.7 cm³/mol. The molecule has 0 amide bonds. The van der Waals surface area contributed by atoms with Gasteiger partial charge in [-0.15, -0.1) is 0 Å². The van der Waals surface area contributed by atoms with E-state index in [-0.39, 0.29) is 18.3 Å². The van der Waals surface area contributed by atoms with Crippen molar-refractivity contribution in [3.05, 3.63) is 33.9 Å². The molecule has 1 aliphatic carbocycles. The molecule has 0 aliphatic heterocycles. The third kappa shape index (κ3) is 3.48. The van der Waals surface area contributed by atoms with Crippen LogP contribution in [0.3, 0.4) is 0 Å². The molecule has 20 heavy (non-hydrogen) atoms. The molecule has 5 nitrogen and oxygen atoms in total. The van der Waals surface area contributed by atoms with E-state index in [4.69, 9.17) is 10.5 Å². The van der Waals surface area contributed by atoms with E-state index < -0.39 is 4.92 Å². The summed E-state index contributed by atoms with van der Waals surface area (Å²) >= 11 is 0. The first-order valence-electron chi connectivity index (χ1n) is 7.28. The lowest BCUT2D eigenvalue weighted by molar-refractivity contribution is -0.384. The van der Waals surface area contributed by atoms with Crippen LogP contribution < -0.4 is 10.5 Å². The van der Waals surface area contributed by atoms with Gasteiger partial charge in [0, 0.05) is 24.2 Å². The minimum absolute atomic E-state index is 0.0629. The average Bonchev–Trinajstić information content (AvgIpc) is 2.47. The van der Waals surface area contributed by atoms with Gasteiger partial charge in [0.1, 0.15) is 5.75 Å². The van der Waals surface area contributed by atoms with Gasteiger partial charge in [-0.1, -0.05) is 19.8 Å². The summed E-state index contributed by atoms with van der Waals surface area (Å²) in [5.74, 6) is 1.42. The fourth-order valence-corrected chi connectivity index (χ4v) is 2.85. The zero-order valence-corrected chi connectivity index (χ0v) is 11.9. The Balaban J connectivity index is 2.10. The van der Waals surface area contributed by atoms with Crippen LogP contribution in [0.15, 0.2) is 18.2 Å². The van der Waals surface area contributed by atoms with Gasteiger partial charge < -0.3 is 10.5 Å². The van der Waals surface area contributed by atoms with Crippen LogP contribution in [0.4, 0.5) is 5.69 Å². The van der Waals surface area contributed by atoms with E-state index in [1.54, 1.807) is 6.07 Å². The molecule has 5 heteroatoms. The number of non-ortho nitro benzene ring substituents is 1. The summed E-state index contributed by atoms with van der Waals surface area (Å²) in [6.07, 6.45) is 5.98. The van der Waals surface area contributed by atoms with Crippen LogP contribution in [0.2, 0.25) is 0 Å². The normalized spacial score (nSPS) is 22.5. The third-order valence-electron chi connectivity index (χ3n) is 4.08. The molecule has 2 N–H and O–H groups in total. The van der Waals surface area contributed by atoms with Crippen LogP contribution in [0, 0.1) is 16.0 Å². The van der Waals surface area contributed by atoms with Gasteiger partial charge in [-0.3, -0.25) is 10.1 Å². The van der Waals surface area contributed by atoms with Crippen molar-refractivity contribution in [2.24, 2.45) is 11.7 Å². The zero-order valence-electron chi connectivity index (χ0n) is 11.9. The van der Waals surface area contributed by atoms with Crippen LogP contribution in [-0.4, -0.2) is 11.0 Å². The van der Waals surface area contributed by atoms with Crippen LogP contribution in [0.25, 0.3) is 0 Å². The van der Waals surface area contributed by atoms with Crippen molar-refractivity contribution in [1.29, 1.82) is 0 Å². The molecular formula is C15H22N2O3. The molecular weight excluding hydrogens is 256 g/mol. The van der Waals surface area contributed by atoms with E-state index >= 15 is 0 Å². The Kier molecular flexibility index (Phi) is 4.95. The molecule has 1 aliphatic rings. The number of hydrogen-bond acceptors (Lipinski definition) is 4. The number of nitro benzene ring substituents is 1. The standard InChI is InChI=1S/C15H22N2O3/c1-2-11-4-3-5-14(8-11)20-15-7-6-13(17(18)19)9-12(15)10-16/h6-7,9,11,14H,2-5,8,10,16H2,1H3. The van der Waals surface area contributed by atoms with Crippen molar-refractivity contribution in [1.82, 2.24) is 0 Å². The molecule has 0 radical (unpaired) electrons. The molecule has 1 aromatic rings. The Morgan fingerprint density at radius 3 is 2.90 bits per heavy atom. The van der Waals surface area contributed by atoms with Crippen molar-refractivity contribution in [2.45, 2.75) is 51.7 Å². The Morgan fingerprint density at radius 1 is 1.45 bits per heavy atom. The summed E-state index contributed by atoms with van der Waals surface area (Å²) in [4.78, 5) is 10.4. The molecule has 1 saturated carbocycles. The second-order valence-electron chi connectivity index (χ2n) is 5.43. The van der Waals surface area contributed by atoms with E-state index in [2.05, 4.69) is 6.92 Å². The average molecular weight is 278 g/mol. The number of benzene rings is 1. The topological polar surface area (TPSA) is 78.4 Å². The van der Waals surface area contributed by atoms with E-state index in [9.17, 15) is 10.1 Å². The highest BCUT2D eigenvalue weighted by molar-refractivity contribution is 5.43. The van der Waals surface area contributed by atoms with Crippen LogP contribution in [0.5, 0.6) is 5.75 Å². The van der Waals surface area contributed by atoms with Gasteiger partial charge in [0.2, 0.25) is 0 Å². The third-order valence-corrected chi connectivity index (χ3v) is 4.08. The van der Waals surface area contributed by atoms with Gasteiger partial charge in [0.05, 0.1) is 11.0 Å². The highest BCUT2D eigenvalue weighted by Crippen LogP contribution is 2.31. The fourth-order valence-electron chi connectivity index (χ4n) is 2.85. The number of hydrogen-bond donors (Lipinski definition) is 1. The van der Waals surface area contributed by atoms with Gasteiger partial charge in [-0.25, -0.2) is 0 Å². The van der Waals surface area contributed by atoms with E-state index in [1.807, 2.05) is 0 Å². The lowest BCUT2D eigenvalue weighted by atomic mass is 9.85. The summed E-state index contributed by atoms with van der Waals surface area (Å²) < 4.78 is 6.04. The first kappa shape index (κ1) is 14.8. The van der Waals surface area contributed by atoms with E-state index in [0.717, 1.165) is 18.8 Å². The summed E-state index contributed by atoms with van der Waals surface area (Å²) in [6.45, 7) is 2.46. The first-order valence-corrected chi connectivity index (χ1v) is 7.28. The van der Waals surface area contributed by atoms with Crippen molar-refractivity contribution in [2.75, 3.05) is 0 Å². The lowest BCUT2D eigenvalue weighted by Gasteiger charge is -2.29. The summed E-state index contributed by atoms with van der Waals surface area (Å²) in [5, 5.41) is 10.8. The maximum Gasteiger partial charge on any atom is 0.270 e. The van der Waals surface area contributed by atoms with Crippen molar-refractivity contribution < 1.29 is 9.66 Å². The molecule has 0 spiro atoms. The largest absolute Gasteiger partial charge is 0.490 e. The first-order chi connectivity index (χ1) is 9.63. The molecule has 1 aromatic carbocycles. The minimum atomic E-state index is -0.406. The smallest absolute Gasteiger partial charge is 0.270 e. The maximum absolute atomic E-state index is 10.8. The Labute approximate surface area is 119 Å². The highest BCUT2D eigenvalue weighted by atomic mass is 16.6. The van der Waals surface area contributed by atoms with Gasteiger partial charge in [-0.05, 0) is 31.2 Å². The number of ether oxygens (including phenoxy) is 1. The van der Waals surface area contributed by atoms with E-state index in [0.29, 0.717) is 11.3 Å². The summed E-state index contributed by atoms with van der Waals surface area (Å²) in [6, 6.07) is 4.67. The summed E-state index contributed by atoms with van der Waals surface area (Å²) in [7, 11) is 0. The molecule has 0 saturated heterocycles. The molecule has 0 aromatic heterocycles. The summed E-state index contributed by atoms with van der Waals surface area (Å²) in [5.41, 5.74) is 6.44. The second kappa shape index (κ2) is 6.70. The monoisotopic (exact) mass is 278 g/mol. The van der Waals surface area contributed by atoms with Gasteiger partial charge in [0.25, 0.3) is 5.69 Å². The molecule has 1 fully saturated rings. The molecule has 0 heterocycles. The van der Waals surface area contributed by atoms with Crippen molar-refractivity contribution in [3.63, 3.8) is 0 Å². The number of rotatable bonds is 5. The second-order valence-corrected chi connectivity index (χ2v) is 5.43. The molecule has 2 atom stereocenters. The quantitative estimate of drug-likeness (QED) is 0.661. The number of nitrogens with zero attached hydrogens (tertiary/aromatic N) is 1. The Hall–Kier alpha value is -1.62. The van der Waals surface area contributed by atoms with Crippen molar-refractivity contribution >= 4 is 5.69 Å². The lowest BCUT2D eigenvalue weighted by Crippen LogP contribution is -2.25. The fraction of sp³-hybridized carbons (Fsp3) is 0.600. The Morgan fingerprint density at radius 2 is 2.25 bits per heavy atom. The van der Waals surface area contributed by atoms with Gasteiger partial charge in [-0.2, -0.15) is 0 Å². The minimum Gasteiger partial charge on any atom is -0.490 e. The van der Waals surface area contributed by atoms with Crippen LogP contribution in [0.1, 0.15) is 44.6 Å². The SMILES string of the molecule is CCC1CCCC(Oc2ccc([N+](=O)[O-])cc2CN)C1. The maximum atomic E-state index is 10.8. The van der Waals surface area contributed by atoms with Crippen LogP contribution >= 0.6 is 0 Å². The molecule has 2 unspecified atom stereocenters. The number of nitrogens with two attached hydrogens (primary N) is 1. The van der Waals surface area contributed by atoms with Crippen LogP contribution in [-0.2, 0) is 6.54 Å². The van der Waals surface area contributed by atoms with E-state index in [1.165, 1.54) is 31.4 Å². The molecule has 110 valence electrons. The van der Waals surface area contributed by atoms with Gasteiger partial charge >= 0.3 is 0 Å².